The Balaban J connectivity index is 2.03. The number of amides is 2. The number of benzene rings is 3. The van der Waals surface area contributed by atoms with Gasteiger partial charge in [-0.15, -0.1) is 0 Å². The zero-order valence-corrected chi connectivity index (χ0v) is 25.6. The average molecular weight is 625 g/mol. The molecule has 3 rings (SSSR count). The molecular formula is C29H32Cl3N3O4S. The normalized spacial score (nSPS) is 12.2. The molecule has 0 aromatic heterocycles. The molecular weight excluding hydrogens is 593 g/mol. The highest BCUT2D eigenvalue weighted by molar-refractivity contribution is 7.92. The number of sulfonamides is 1. The molecule has 0 heterocycles. The number of hydrogen-bond donors (Lipinski definition) is 1. The molecule has 3 aromatic rings. The van der Waals surface area contributed by atoms with Crippen LogP contribution < -0.4 is 9.62 Å². The van der Waals surface area contributed by atoms with Gasteiger partial charge in [-0.3, -0.25) is 13.9 Å². The number of rotatable bonds is 12. The van der Waals surface area contributed by atoms with Gasteiger partial charge in [-0.2, -0.15) is 0 Å². The largest absolute Gasteiger partial charge is 0.354 e. The maximum Gasteiger partial charge on any atom is 0.264 e. The monoisotopic (exact) mass is 623 g/mol. The van der Waals surface area contributed by atoms with Crippen molar-refractivity contribution in [2.24, 2.45) is 5.92 Å². The van der Waals surface area contributed by atoms with E-state index in [9.17, 15) is 18.0 Å². The van der Waals surface area contributed by atoms with Crippen LogP contribution in [0, 0.1) is 5.92 Å². The minimum atomic E-state index is -4.17. The molecule has 0 saturated heterocycles. The van der Waals surface area contributed by atoms with Gasteiger partial charge in [0.05, 0.1) is 20.6 Å². The fourth-order valence-electron chi connectivity index (χ4n) is 4.03. The van der Waals surface area contributed by atoms with Crippen LogP contribution in [0.25, 0.3) is 0 Å². The summed E-state index contributed by atoms with van der Waals surface area (Å²) in [7, 11) is -4.17. The number of carbonyl (C=O) groups is 2. The molecule has 7 nitrogen and oxygen atoms in total. The van der Waals surface area contributed by atoms with Crippen molar-refractivity contribution in [1.82, 2.24) is 10.2 Å². The lowest BCUT2D eigenvalue weighted by Crippen LogP contribution is -2.52. The van der Waals surface area contributed by atoms with Crippen LogP contribution in [0.2, 0.25) is 15.1 Å². The quantitative estimate of drug-likeness (QED) is 0.252. The van der Waals surface area contributed by atoms with Crippen molar-refractivity contribution in [2.75, 3.05) is 17.4 Å². The first-order valence-electron chi connectivity index (χ1n) is 12.8. The van der Waals surface area contributed by atoms with Crippen molar-refractivity contribution >= 4 is 62.3 Å². The Bertz CT molecular complexity index is 1420. The van der Waals surface area contributed by atoms with Crippen molar-refractivity contribution in [3.05, 3.63) is 93.4 Å². The van der Waals surface area contributed by atoms with Gasteiger partial charge in [0.2, 0.25) is 11.8 Å². The standard InChI is InChI=1S/C29H32Cl3N3O4S/c1-4-27(29(37)33-17-20(2)3)34(18-21-10-15-25(31)26(32)16-21)28(36)19-35(23-8-6-5-7-9-23)40(38,39)24-13-11-22(30)12-14-24/h5-16,20,27H,4,17-19H2,1-3H3,(H,33,37)/t27-/m0/s1. The third-order valence-electron chi connectivity index (χ3n) is 6.13. The lowest BCUT2D eigenvalue weighted by atomic mass is 10.1. The summed E-state index contributed by atoms with van der Waals surface area (Å²) < 4.78 is 28.6. The molecule has 0 saturated carbocycles. The molecule has 1 atom stereocenters. The van der Waals surface area contributed by atoms with Crippen LogP contribution in [0.1, 0.15) is 32.8 Å². The molecule has 1 N–H and O–H groups in total. The van der Waals surface area contributed by atoms with Crippen LogP contribution in [0.3, 0.4) is 0 Å². The maximum atomic E-state index is 14.0. The second-order valence-corrected chi connectivity index (χ2v) is 12.7. The molecule has 2 amide bonds. The summed E-state index contributed by atoms with van der Waals surface area (Å²) in [4.78, 5) is 28.6. The molecule has 0 unspecified atom stereocenters. The topological polar surface area (TPSA) is 86.8 Å². The molecule has 0 fully saturated rings. The Kier molecular flexibility index (Phi) is 11.3. The van der Waals surface area contributed by atoms with Gasteiger partial charge in [-0.1, -0.05) is 79.8 Å². The predicted molar refractivity (Wildman–Crippen MR) is 161 cm³/mol. The van der Waals surface area contributed by atoms with E-state index in [1.54, 1.807) is 55.5 Å². The van der Waals surface area contributed by atoms with E-state index in [1.807, 2.05) is 13.8 Å². The highest BCUT2D eigenvalue weighted by atomic mass is 35.5. The zero-order chi connectivity index (χ0) is 29.4. The lowest BCUT2D eigenvalue weighted by Gasteiger charge is -2.33. The summed E-state index contributed by atoms with van der Waals surface area (Å²) in [6, 6.07) is 18.2. The van der Waals surface area contributed by atoms with Crippen LogP contribution in [0.4, 0.5) is 5.69 Å². The fraction of sp³-hybridized carbons (Fsp3) is 0.310. The van der Waals surface area contributed by atoms with Crippen molar-refractivity contribution < 1.29 is 18.0 Å². The predicted octanol–water partition coefficient (Wildman–Crippen LogP) is 6.42. The minimum Gasteiger partial charge on any atom is -0.354 e. The van der Waals surface area contributed by atoms with E-state index in [1.165, 1.54) is 29.2 Å². The van der Waals surface area contributed by atoms with Gasteiger partial charge < -0.3 is 10.2 Å². The minimum absolute atomic E-state index is 0.0208. The van der Waals surface area contributed by atoms with Crippen molar-refractivity contribution in [3.8, 4) is 0 Å². The molecule has 0 aliphatic rings. The van der Waals surface area contributed by atoms with E-state index in [0.717, 1.165) is 4.31 Å². The van der Waals surface area contributed by atoms with Gasteiger partial charge in [0.15, 0.2) is 0 Å². The molecule has 40 heavy (non-hydrogen) atoms. The summed E-state index contributed by atoms with van der Waals surface area (Å²) in [6.07, 6.45) is 0.312. The molecule has 0 bridgehead atoms. The van der Waals surface area contributed by atoms with E-state index in [4.69, 9.17) is 34.8 Å². The first kappa shape index (κ1) is 31.7. The maximum absolute atomic E-state index is 14.0. The average Bonchev–Trinajstić information content (AvgIpc) is 2.92. The van der Waals surface area contributed by atoms with Gasteiger partial charge in [0, 0.05) is 18.1 Å². The van der Waals surface area contributed by atoms with Crippen molar-refractivity contribution in [2.45, 2.75) is 44.7 Å². The van der Waals surface area contributed by atoms with Gasteiger partial charge in [0.1, 0.15) is 12.6 Å². The first-order chi connectivity index (χ1) is 18.9. The van der Waals surface area contributed by atoms with Crippen LogP contribution in [0.15, 0.2) is 77.7 Å². The first-order valence-corrected chi connectivity index (χ1v) is 15.4. The van der Waals surface area contributed by atoms with Gasteiger partial charge in [-0.05, 0) is 66.4 Å². The van der Waals surface area contributed by atoms with Crippen LogP contribution >= 0.6 is 34.8 Å². The number of halogens is 3. The third-order valence-corrected chi connectivity index (χ3v) is 8.91. The van der Waals surface area contributed by atoms with E-state index < -0.39 is 28.5 Å². The van der Waals surface area contributed by atoms with Gasteiger partial charge in [0.25, 0.3) is 10.0 Å². The summed E-state index contributed by atoms with van der Waals surface area (Å²) in [5.41, 5.74) is 0.947. The SMILES string of the molecule is CC[C@@H](C(=O)NCC(C)C)N(Cc1ccc(Cl)c(Cl)c1)C(=O)CN(c1ccccc1)S(=O)(=O)c1ccc(Cl)cc1. The molecule has 3 aromatic carbocycles. The highest BCUT2D eigenvalue weighted by Crippen LogP contribution is 2.27. The smallest absolute Gasteiger partial charge is 0.264 e. The Morgan fingerprint density at radius 1 is 0.900 bits per heavy atom. The number of anilines is 1. The van der Waals surface area contributed by atoms with Crippen molar-refractivity contribution in [3.63, 3.8) is 0 Å². The van der Waals surface area contributed by atoms with Gasteiger partial charge >= 0.3 is 0 Å². The van der Waals surface area contributed by atoms with E-state index in [-0.39, 0.29) is 23.3 Å². The number of hydrogen-bond acceptors (Lipinski definition) is 4. The van der Waals surface area contributed by atoms with Gasteiger partial charge in [-0.25, -0.2) is 8.42 Å². The Labute approximate surface area is 251 Å². The Morgan fingerprint density at radius 2 is 1.55 bits per heavy atom. The second kappa shape index (κ2) is 14.2. The van der Waals surface area contributed by atoms with Crippen LogP contribution in [-0.2, 0) is 26.2 Å². The Hall–Kier alpha value is -2.78. The van der Waals surface area contributed by atoms with E-state index in [0.29, 0.717) is 39.3 Å². The summed E-state index contributed by atoms with van der Waals surface area (Å²) in [5, 5.41) is 3.94. The molecule has 0 aliphatic carbocycles. The zero-order valence-electron chi connectivity index (χ0n) is 22.5. The second-order valence-electron chi connectivity index (χ2n) is 9.63. The van der Waals surface area contributed by atoms with Crippen LogP contribution in [0.5, 0.6) is 0 Å². The molecule has 11 heteroatoms. The van der Waals surface area contributed by atoms with Crippen LogP contribution in [-0.4, -0.2) is 44.3 Å². The fourth-order valence-corrected chi connectivity index (χ4v) is 5.89. The number of nitrogens with zero attached hydrogens (tertiary/aromatic N) is 2. The third kappa shape index (κ3) is 8.13. The highest BCUT2D eigenvalue weighted by Gasteiger charge is 2.33. The number of nitrogens with one attached hydrogen (secondary N) is 1. The molecule has 214 valence electrons. The molecule has 0 aliphatic heterocycles. The number of para-hydroxylation sites is 1. The van der Waals surface area contributed by atoms with E-state index >= 15 is 0 Å². The van der Waals surface area contributed by atoms with Crippen molar-refractivity contribution in [1.29, 1.82) is 0 Å². The lowest BCUT2D eigenvalue weighted by molar-refractivity contribution is -0.140. The number of carbonyl (C=O) groups excluding carboxylic acids is 2. The van der Waals surface area contributed by atoms with E-state index in [2.05, 4.69) is 5.32 Å². The summed E-state index contributed by atoms with van der Waals surface area (Å²) in [6.45, 7) is 5.66. The molecule has 0 radical (unpaired) electrons. The molecule has 0 spiro atoms. The summed E-state index contributed by atoms with van der Waals surface area (Å²) in [5.74, 6) is -0.672. The Morgan fingerprint density at radius 3 is 2.12 bits per heavy atom. The summed E-state index contributed by atoms with van der Waals surface area (Å²) >= 11 is 18.3.